The summed E-state index contributed by atoms with van der Waals surface area (Å²) < 4.78 is 24.1. The standard InChI is InChI=1S/C20H31NO3S/c1-15(2)17-12-9-16(10-13-17)11-14-20(22)21(3)18-7-5-6-8-19(18)25(4,23)24/h9-10,12-13,15,18-19H,5-8,11,14H2,1-4H3/t18-,19-/m0/s1. The van der Waals surface area contributed by atoms with Crippen LogP contribution in [0.3, 0.4) is 0 Å². The monoisotopic (exact) mass is 365 g/mol. The average molecular weight is 366 g/mol. The van der Waals surface area contributed by atoms with Crippen molar-refractivity contribution in [1.82, 2.24) is 4.90 Å². The summed E-state index contributed by atoms with van der Waals surface area (Å²) in [6, 6.07) is 8.23. The van der Waals surface area contributed by atoms with Crippen LogP contribution >= 0.6 is 0 Å². The summed E-state index contributed by atoms with van der Waals surface area (Å²) in [6.07, 6.45) is 5.77. The number of carbonyl (C=O) groups is 1. The van der Waals surface area contributed by atoms with Crippen LogP contribution in [0, 0.1) is 0 Å². The molecule has 1 amide bonds. The molecular formula is C20H31NO3S. The summed E-state index contributed by atoms with van der Waals surface area (Å²) >= 11 is 0. The second kappa shape index (κ2) is 8.35. The maximum atomic E-state index is 12.6. The number of nitrogens with zero attached hydrogens (tertiary/aromatic N) is 1. The Balaban J connectivity index is 1.97. The van der Waals surface area contributed by atoms with Gasteiger partial charge in [-0.3, -0.25) is 4.79 Å². The van der Waals surface area contributed by atoms with Crippen LogP contribution in [0.2, 0.25) is 0 Å². The number of sulfone groups is 1. The van der Waals surface area contributed by atoms with Gasteiger partial charge in [0.05, 0.1) is 5.25 Å². The van der Waals surface area contributed by atoms with E-state index in [2.05, 4.69) is 38.1 Å². The van der Waals surface area contributed by atoms with E-state index in [0.717, 1.165) is 24.8 Å². The van der Waals surface area contributed by atoms with Crippen LogP contribution in [0.1, 0.15) is 63.0 Å². The molecule has 25 heavy (non-hydrogen) atoms. The summed E-state index contributed by atoms with van der Waals surface area (Å²) in [5.74, 6) is 0.537. The van der Waals surface area contributed by atoms with Gasteiger partial charge in [0.15, 0.2) is 9.84 Å². The molecule has 140 valence electrons. The summed E-state index contributed by atoms with van der Waals surface area (Å²) in [5.41, 5.74) is 2.44. The fraction of sp³-hybridized carbons (Fsp3) is 0.650. The summed E-state index contributed by atoms with van der Waals surface area (Å²) in [7, 11) is -1.37. The number of benzene rings is 1. The molecule has 1 fully saturated rings. The third-order valence-corrected chi connectivity index (χ3v) is 7.03. The molecule has 0 saturated heterocycles. The van der Waals surface area contributed by atoms with E-state index in [9.17, 15) is 13.2 Å². The molecule has 1 aromatic rings. The van der Waals surface area contributed by atoms with Gasteiger partial charge in [-0.1, -0.05) is 51.0 Å². The van der Waals surface area contributed by atoms with Gasteiger partial charge >= 0.3 is 0 Å². The first-order valence-electron chi connectivity index (χ1n) is 9.23. The highest BCUT2D eigenvalue weighted by molar-refractivity contribution is 7.91. The van der Waals surface area contributed by atoms with Crippen LogP contribution in [0.5, 0.6) is 0 Å². The molecule has 0 unspecified atom stereocenters. The molecule has 5 heteroatoms. The van der Waals surface area contributed by atoms with Crippen LogP contribution in [0.15, 0.2) is 24.3 Å². The van der Waals surface area contributed by atoms with Crippen molar-refractivity contribution in [3.8, 4) is 0 Å². The lowest BCUT2D eigenvalue weighted by Crippen LogP contribution is -2.49. The zero-order valence-electron chi connectivity index (χ0n) is 15.9. The normalized spacial score (nSPS) is 21.3. The number of rotatable bonds is 6. The van der Waals surface area contributed by atoms with Crippen molar-refractivity contribution < 1.29 is 13.2 Å². The highest BCUT2D eigenvalue weighted by Gasteiger charge is 2.36. The molecular weight excluding hydrogens is 334 g/mol. The Kier molecular flexibility index (Phi) is 6.66. The van der Waals surface area contributed by atoms with E-state index in [1.54, 1.807) is 11.9 Å². The van der Waals surface area contributed by atoms with Gasteiger partial charge in [0.2, 0.25) is 5.91 Å². The Morgan fingerprint density at radius 2 is 1.76 bits per heavy atom. The molecule has 0 aliphatic heterocycles. The molecule has 4 nitrogen and oxygen atoms in total. The molecule has 0 bridgehead atoms. The van der Waals surface area contributed by atoms with Gasteiger partial charge in [-0.05, 0) is 36.3 Å². The number of carbonyl (C=O) groups excluding carboxylic acids is 1. The summed E-state index contributed by atoms with van der Waals surface area (Å²) in [6.45, 7) is 4.33. The third-order valence-electron chi connectivity index (χ3n) is 5.38. The fourth-order valence-corrected chi connectivity index (χ4v) is 5.19. The van der Waals surface area contributed by atoms with Crippen molar-refractivity contribution in [3.05, 3.63) is 35.4 Å². The second-order valence-corrected chi connectivity index (χ2v) is 9.89. The minimum Gasteiger partial charge on any atom is -0.341 e. The lowest BCUT2D eigenvalue weighted by molar-refractivity contribution is -0.132. The molecule has 2 rings (SSSR count). The largest absolute Gasteiger partial charge is 0.341 e. The van der Waals surface area contributed by atoms with Crippen LogP contribution < -0.4 is 0 Å². The molecule has 1 saturated carbocycles. The van der Waals surface area contributed by atoms with Gasteiger partial charge in [0, 0.05) is 25.8 Å². The van der Waals surface area contributed by atoms with Crippen LogP contribution in [-0.2, 0) is 21.1 Å². The van der Waals surface area contributed by atoms with E-state index in [1.807, 2.05) is 0 Å². The first kappa shape index (κ1) is 20.0. The van der Waals surface area contributed by atoms with E-state index in [-0.39, 0.29) is 11.9 Å². The third kappa shape index (κ3) is 5.30. The SMILES string of the molecule is CC(C)c1ccc(CCC(=O)N(C)[C@H]2CCCC[C@@H]2S(C)(=O)=O)cc1. The van der Waals surface area contributed by atoms with E-state index in [1.165, 1.54) is 11.8 Å². The lowest BCUT2D eigenvalue weighted by atomic mass is 9.93. The summed E-state index contributed by atoms with van der Waals surface area (Å²) in [4.78, 5) is 14.3. The van der Waals surface area contributed by atoms with E-state index in [0.29, 0.717) is 25.2 Å². The van der Waals surface area contributed by atoms with Crippen LogP contribution in [0.4, 0.5) is 0 Å². The lowest BCUT2D eigenvalue weighted by Gasteiger charge is -2.37. The van der Waals surface area contributed by atoms with Crippen molar-refractivity contribution in [3.63, 3.8) is 0 Å². The average Bonchev–Trinajstić information content (AvgIpc) is 2.58. The highest BCUT2D eigenvalue weighted by Crippen LogP contribution is 2.28. The molecule has 0 radical (unpaired) electrons. The van der Waals surface area contributed by atoms with E-state index >= 15 is 0 Å². The van der Waals surface area contributed by atoms with Crippen molar-refractivity contribution in [2.24, 2.45) is 0 Å². The van der Waals surface area contributed by atoms with Gasteiger partial charge in [0.25, 0.3) is 0 Å². The minimum atomic E-state index is -3.13. The van der Waals surface area contributed by atoms with E-state index < -0.39 is 15.1 Å². The van der Waals surface area contributed by atoms with Gasteiger partial charge in [0.1, 0.15) is 0 Å². The maximum absolute atomic E-state index is 12.6. The summed E-state index contributed by atoms with van der Waals surface area (Å²) in [5, 5.41) is -0.416. The van der Waals surface area contributed by atoms with E-state index in [4.69, 9.17) is 0 Å². The zero-order chi connectivity index (χ0) is 18.6. The predicted octanol–water partition coefficient (Wildman–Crippen LogP) is 3.56. The molecule has 1 aliphatic rings. The van der Waals surface area contributed by atoms with Crippen LogP contribution in [-0.4, -0.2) is 43.8 Å². The Hall–Kier alpha value is -1.36. The molecule has 0 N–H and O–H groups in total. The Bertz CT molecular complexity index is 679. The first-order valence-corrected chi connectivity index (χ1v) is 11.2. The van der Waals surface area contributed by atoms with Crippen molar-refractivity contribution in [1.29, 1.82) is 0 Å². The van der Waals surface area contributed by atoms with Crippen molar-refractivity contribution >= 4 is 15.7 Å². The number of amides is 1. The Labute approximate surface area is 152 Å². The van der Waals surface area contributed by atoms with Gasteiger partial charge < -0.3 is 4.90 Å². The van der Waals surface area contributed by atoms with Crippen LogP contribution in [0.25, 0.3) is 0 Å². The fourth-order valence-electron chi connectivity index (χ4n) is 3.70. The first-order chi connectivity index (χ1) is 11.7. The van der Waals surface area contributed by atoms with Crippen molar-refractivity contribution in [2.75, 3.05) is 13.3 Å². The number of hydrogen-bond acceptors (Lipinski definition) is 3. The maximum Gasteiger partial charge on any atom is 0.222 e. The van der Waals surface area contributed by atoms with Crippen molar-refractivity contribution in [2.45, 2.75) is 69.6 Å². The quantitative estimate of drug-likeness (QED) is 0.774. The predicted molar refractivity (Wildman–Crippen MR) is 103 cm³/mol. The molecule has 1 aromatic carbocycles. The topological polar surface area (TPSA) is 54.5 Å². The van der Waals surface area contributed by atoms with Gasteiger partial charge in [-0.2, -0.15) is 0 Å². The number of aryl methyl sites for hydroxylation is 1. The molecule has 0 heterocycles. The highest BCUT2D eigenvalue weighted by atomic mass is 32.2. The number of hydrogen-bond donors (Lipinski definition) is 0. The molecule has 2 atom stereocenters. The molecule has 1 aliphatic carbocycles. The van der Waals surface area contributed by atoms with Gasteiger partial charge in [-0.25, -0.2) is 8.42 Å². The molecule has 0 spiro atoms. The van der Waals surface area contributed by atoms with Gasteiger partial charge in [-0.15, -0.1) is 0 Å². The zero-order valence-corrected chi connectivity index (χ0v) is 16.7. The smallest absolute Gasteiger partial charge is 0.222 e. The second-order valence-electron chi connectivity index (χ2n) is 7.62. The Morgan fingerprint density at radius 3 is 2.32 bits per heavy atom. The Morgan fingerprint density at radius 1 is 1.16 bits per heavy atom. The minimum absolute atomic E-state index is 0.0356. The molecule has 0 aromatic heterocycles.